The van der Waals surface area contributed by atoms with E-state index < -0.39 is 0 Å². The van der Waals surface area contributed by atoms with Crippen LogP contribution < -0.4 is 0 Å². The molecule has 1 heteroatoms. The van der Waals surface area contributed by atoms with E-state index in [4.69, 9.17) is 0 Å². The highest BCUT2D eigenvalue weighted by Gasteiger charge is 2.10. The highest BCUT2D eigenvalue weighted by atomic mass is 19.1. The molecule has 0 saturated heterocycles. The first kappa shape index (κ1) is 23.1. The summed E-state index contributed by atoms with van der Waals surface area (Å²) in [5, 5.41) is 2.84. The molecule has 0 radical (unpaired) electrons. The zero-order chi connectivity index (χ0) is 21.7. The number of fused-ring (bicyclic) bond motifs is 1. The van der Waals surface area contributed by atoms with Crippen LogP contribution in [0.5, 0.6) is 0 Å². The number of rotatable bonds is 4. The monoisotopic (exact) mass is 392 g/mol. The average Bonchev–Trinajstić information content (AvgIpc) is 2.66. The minimum atomic E-state index is -0.0683. The van der Waals surface area contributed by atoms with Crippen molar-refractivity contribution in [3.8, 4) is 0 Å². The zero-order valence-electron chi connectivity index (χ0n) is 19.4. The Balaban J connectivity index is 0.000000212. The first-order chi connectivity index (χ1) is 13.6. The SMILES string of the molecule is CC(C)c1ccc(C(C)C)c(F)c1.CC(C)c1ccc(C(C)C)c2ccccc12. The van der Waals surface area contributed by atoms with Crippen LogP contribution in [0.15, 0.2) is 54.6 Å². The van der Waals surface area contributed by atoms with Gasteiger partial charge in [-0.05, 0) is 62.8 Å². The molecular formula is C28H37F. The van der Waals surface area contributed by atoms with Gasteiger partial charge in [0.25, 0.3) is 0 Å². The molecule has 29 heavy (non-hydrogen) atoms. The minimum Gasteiger partial charge on any atom is -0.207 e. The predicted octanol–water partition coefficient (Wildman–Crippen LogP) is 9.16. The van der Waals surface area contributed by atoms with Crippen LogP contribution >= 0.6 is 0 Å². The minimum absolute atomic E-state index is 0.0683. The van der Waals surface area contributed by atoms with Gasteiger partial charge in [0.15, 0.2) is 0 Å². The number of benzene rings is 3. The first-order valence-electron chi connectivity index (χ1n) is 10.9. The van der Waals surface area contributed by atoms with Gasteiger partial charge in [-0.2, -0.15) is 0 Å². The van der Waals surface area contributed by atoms with Crippen molar-refractivity contribution in [3.05, 3.63) is 82.7 Å². The highest BCUT2D eigenvalue weighted by molar-refractivity contribution is 5.89. The normalized spacial score (nSPS) is 11.5. The maximum Gasteiger partial charge on any atom is 0.126 e. The molecule has 0 aliphatic heterocycles. The van der Waals surface area contributed by atoms with Crippen LogP contribution in [0.2, 0.25) is 0 Å². The molecule has 0 N–H and O–H groups in total. The Morgan fingerprint density at radius 2 is 0.931 bits per heavy atom. The average molecular weight is 393 g/mol. The van der Waals surface area contributed by atoms with Gasteiger partial charge in [-0.25, -0.2) is 4.39 Å². The maximum atomic E-state index is 13.5. The molecule has 0 aliphatic carbocycles. The standard InChI is InChI=1S/C16H20.C12H17F/c1-11(2)13-9-10-14(12(3)4)16-8-6-5-7-15(13)16;1-8(2)10-5-6-11(9(3)4)12(13)7-10/h5-12H,1-4H3;5-9H,1-4H3. The molecule has 0 nitrogen and oxygen atoms in total. The quantitative estimate of drug-likeness (QED) is 0.415. The van der Waals surface area contributed by atoms with Crippen molar-refractivity contribution < 1.29 is 4.39 Å². The van der Waals surface area contributed by atoms with Crippen LogP contribution in [0.3, 0.4) is 0 Å². The zero-order valence-corrected chi connectivity index (χ0v) is 19.4. The van der Waals surface area contributed by atoms with Crippen LogP contribution in [0.1, 0.15) is 101 Å². The summed E-state index contributed by atoms with van der Waals surface area (Å²) in [6.07, 6.45) is 0. The molecule has 3 aromatic rings. The summed E-state index contributed by atoms with van der Waals surface area (Å²) in [7, 11) is 0. The second-order valence-corrected chi connectivity index (χ2v) is 9.19. The van der Waals surface area contributed by atoms with Gasteiger partial charge in [-0.3, -0.25) is 0 Å². The predicted molar refractivity (Wildman–Crippen MR) is 127 cm³/mol. The van der Waals surface area contributed by atoms with Crippen molar-refractivity contribution >= 4 is 10.8 Å². The topological polar surface area (TPSA) is 0 Å². The molecule has 3 rings (SSSR count). The van der Waals surface area contributed by atoms with E-state index in [2.05, 4.69) is 77.9 Å². The van der Waals surface area contributed by atoms with Crippen LogP contribution in [-0.4, -0.2) is 0 Å². The molecule has 0 heterocycles. The summed E-state index contributed by atoms with van der Waals surface area (Å²) in [5.41, 5.74) is 4.80. The van der Waals surface area contributed by atoms with Crippen molar-refractivity contribution in [3.63, 3.8) is 0 Å². The number of hydrogen-bond donors (Lipinski definition) is 0. The molecular weight excluding hydrogens is 355 g/mol. The van der Waals surface area contributed by atoms with Gasteiger partial charge in [0.05, 0.1) is 0 Å². The Labute approximate surface area is 177 Å². The summed E-state index contributed by atoms with van der Waals surface area (Å²) in [6.45, 7) is 17.2. The van der Waals surface area contributed by atoms with E-state index in [-0.39, 0.29) is 11.7 Å². The fourth-order valence-corrected chi connectivity index (χ4v) is 3.72. The third kappa shape index (κ3) is 5.69. The van der Waals surface area contributed by atoms with Gasteiger partial charge < -0.3 is 0 Å². The molecule has 0 aliphatic rings. The van der Waals surface area contributed by atoms with Gasteiger partial charge in [0.1, 0.15) is 5.82 Å². The van der Waals surface area contributed by atoms with Gasteiger partial charge >= 0.3 is 0 Å². The van der Waals surface area contributed by atoms with E-state index in [0.29, 0.717) is 17.8 Å². The third-order valence-electron chi connectivity index (χ3n) is 5.55. The number of hydrogen-bond acceptors (Lipinski definition) is 0. The molecule has 0 saturated carbocycles. The fraction of sp³-hybridized carbons (Fsp3) is 0.429. The summed E-state index contributed by atoms with van der Waals surface area (Å²) in [5.74, 6) is 1.77. The molecule has 3 aromatic carbocycles. The largest absolute Gasteiger partial charge is 0.207 e. The lowest BCUT2D eigenvalue weighted by Crippen LogP contribution is -1.96. The molecule has 0 amide bonds. The number of halogens is 1. The second-order valence-electron chi connectivity index (χ2n) is 9.19. The summed E-state index contributed by atoms with van der Waals surface area (Å²) in [4.78, 5) is 0. The van der Waals surface area contributed by atoms with Gasteiger partial charge in [0.2, 0.25) is 0 Å². The Hall–Kier alpha value is -2.15. The highest BCUT2D eigenvalue weighted by Crippen LogP contribution is 2.31. The van der Waals surface area contributed by atoms with Crippen molar-refractivity contribution in [2.45, 2.75) is 79.1 Å². The Bertz CT molecular complexity index is 886. The Morgan fingerprint density at radius 1 is 0.517 bits per heavy atom. The van der Waals surface area contributed by atoms with E-state index in [0.717, 1.165) is 11.1 Å². The van der Waals surface area contributed by atoms with Crippen LogP contribution in [0.25, 0.3) is 10.8 Å². The summed E-state index contributed by atoms with van der Waals surface area (Å²) >= 11 is 0. The van der Waals surface area contributed by atoms with Crippen LogP contribution in [-0.2, 0) is 0 Å². The van der Waals surface area contributed by atoms with E-state index >= 15 is 0 Å². The molecule has 0 bridgehead atoms. The molecule has 0 fully saturated rings. The van der Waals surface area contributed by atoms with Crippen LogP contribution in [0.4, 0.5) is 4.39 Å². The Kier molecular flexibility index (Phi) is 8.02. The van der Waals surface area contributed by atoms with Crippen molar-refractivity contribution in [1.82, 2.24) is 0 Å². The van der Waals surface area contributed by atoms with E-state index in [1.54, 1.807) is 6.07 Å². The maximum absolute atomic E-state index is 13.5. The molecule has 156 valence electrons. The fourth-order valence-electron chi connectivity index (χ4n) is 3.72. The molecule has 0 aromatic heterocycles. The molecule has 0 spiro atoms. The molecule has 0 unspecified atom stereocenters. The van der Waals surface area contributed by atoms with E-state index in [1.807, 2.05) is 26.0 Å². The van der Waals surface area contributed by atoms with E-state index in [1.165, 1.54) is 21.9 Å². The summed E-state index contributed by atoms with van der Waals surface area (Å²) in [6, 6.07) is 18.9. The lowest BCUT2D eigenvalue weighted by molar-refractivity contribution is 0.594. The van der Waals surface area contributed by atoms with E-state index in [9.17, 15) is 4.39 Å². The van der Waals surface area contributed by atoms with Crippen molar-refractivity contribution in [2.75, 3.05) is 0 Å². The lowest BCUT2D eigenvalue weighted by Gasteiger charge is -2.15. The van der Waals surface area contributed by atoms with Crippen LogP contribution in [0, 0.1) is 5.82 Å². The van der Waals surface area contributed by atoms with Crippen molar-refractivity contribution in [1.29, 1.82) is 0 Å². The Morgan fingerprint density at radius 3 is 1.28 bits per heavy atom. The lowest BCUT2D eigenvalue weighted by atomic mass is 9.89. The van der Waals surface area contributed by atoms with Gasteiger partial charge in [-0.15, -0.1) is 0 Å². The van der Waals surface area contributed by atoms with Gasteiger partial charge in [0, 0.05) is 0 Å². The first-order valence-corrected chi connectivity index (χ1v) is 10.9. The third-order valence-corrected chi connectivity index (χ3v) is 5.55. The second kappa shape index (κ2) is 10.1. The molecule has 0 atom stereocenters. The van der Waals surface area contributed by atoms with Crippen molar-refractivity contribution in [2.24, 2.45) is 0 Å². The van der Waals surface area contributed by atoms with Gasteiger partial charge in [-0.1, -0.05) is 104 Å². The summed E-state index contributed by atoms with van der Waals surface area (Å²) < 4.78 is 13.5. The smallest absolute Gasteiger partial charge is 0.126 e.